The number of hydrogen-bond donors (Lipinski definition) is 1. The van der Waals surface area contributed by atoms with Crippen molar-refractivity contribution >= 4 is 17.6 Å². The summed E-state index contributed by atoms with van der Waals surface area (Å²) in [5.41, 5.74) is 3.38. The molecule has 2 rings (SSSR count). The number of carbonyl (C=O) groups is 3. The molecule has 0 saturated carbocycles. The number of rotatable bonds is 7. The van der Waals surface area contributed by atoms with Crippen LogP contribution in [0.25, 0.3) is 0 Å². The molecule has 0 bridgehead atoms. The molecule has 0 aliphatic carbocycles. The van der Waals surface area contributed by atoms with Crippen LogP contribution in [0.15, 0.2) is 60.7 Å². The zero-order valence-electron chi connectivity index (χ0n) is 13.6. The summed E-state index contributed by atoms with van der Waals surface area (Å²) in [4.78, 5) is 37.5. The summed E-state index contributed by atoms with van der Waals surface area (Å²) >= 11 is 0. The minimum Gasteiger partial charge on any atom is -0.283 e. The van der Waals surface area contributed by atoms with Crippen LogP contribution in [0.2, 0.25) is 0 Å². The normalized spacial score (nSPS) is 10.2. The highest BCUT2D eigenvalue weighted by Gasteiger charge is 2.28. The van der Waals surface area contributed by atoms with Gasteiger partial charge in [0.2, 0.25) is 0 Å². The zero-order valence-corrected chi connectivity index (χ0v) is 13.6. The second-order valence-corrected chi connectivity index (χ2v) is 5.27. The summed E-state index contributed by atoms with van der Waals surface area (Å²) in [5, 5.41) is 0.820. The summed E-state index contributed by atoms with van der Waals surface area (Å²) in [5.74, 6) is -2.14. The molecule has 0 aliphatic rings. The Morgan fingerprint density at radius 2 is 1.42 bits per heavy atom. The van der Waals surface area contributed by atoms with Crippen molar-refractivity contribution in [1.82, 2.24) is 10.4 Å². The van der Waals surface area contributed by atoms with Gasteiger partial charge in [0, 0.05) is 17.7 Å². The third-order valence-corrected chi connectivity index (χ3v) is 3.46. The van der Waals surface area contributed by atoms with Gasteiger partial charge in [-0.1, -0.05) is 61.9 Å². The Morgan fingerprint density at radius 3 is 1.96 bits per heavy atom. The smallest absolute Gasteiger partial charge is 0.283 e. The van der Waals surface area contributed by atoms with Gasteiger partial charge in [0.15, 0.2) is 0 Å². The molecule has 0 aliphatic heterocycles. The van der Waals surface area contributed by atoms with Crippen molar-refractivity contribution in [1.29, 1.82) is 0 Å². The Bertz CT molecular complexity index is 699. The quantitative estimate of drug-likeness (QED) is 0.368. The molecule has 0 heterocycles. The van der Waals surface area contributed by atoms with Crippen LogP contribution in [-0.2, 0) is 4.79 Å². The highest BCUT2D eigenvalue weighted by atomic mass is 16.2. The van der Waals surface area contributed by atoms with E-state index in [9.17, 15) is 14.4 Å². The average Bonchev–Trinajstić information content (AvgIpc) is 2.65. The zero-order chi connectivity index (χ0) is 17.4. The fourth-order valence-corrected chi connectivity index (χ4v) is 2.13. The predicted molar refractivity (Wildman–Crippen MR) is 91.3 cm³/mol. The van der Waals surface area contributed by atoms with Gasteiger partial charge in [-0.15, -0.1) is 0 Å². The van der Waals surface area contributed by atoms with Gasteiger partial charge in [-0.05, 0) is 18.6 Å². The molecule has 0 radical (unpaired) electrons. The molecule has 2 aromatic carbocycles. The SMILES string of the molecule is CCCCNN(C(=O)C(=O)c1ccccc1)C(=O)c1ccccc1. The Kier molecular flexibility index (Phi) is 6.40. The summed E-state index contributed by atoms with van der Waals surface area (Å²) in [6, 6.07) is 16.6. The molecule has 5 heteroatoms. The highest BCUT2D eigenvalue weighted by Crippen LogP contribution is 2.07. The molecule has 0 fully saturated rings. The van der Waals surface area contributed by atoms with Crippen molar-refractivity contribution in [3.05, 3.63) is 71.8 Å². The number of hydrogen-bond acceptors (Lipinski definition) is 4. The highest BCUT2D eigenvalue weighted by molar-refractivity contribution is 6.45. The lowest BCUT2D eigenvalue weighted by molar-refractivity contribution is -0.126. The minimum atomic E-state index is -0.883. The maximum Gasteiger partial charge on any atom is 0.316 e. The molecule has 0 atom stereocenters. The van der Waals surface area contributed by atoms with Gasteiger partial charge in [-0.2, -0.15) is 0 Å². The van der Waals surface area contributed by atoms with E-state index in [0.29, 0.717) is 12.1 Å². The van der Waals surface area contributed by atoms with Crippen LogP contribution in [-0.4, -0.2) is 29.2 Å². The molecule has 2 amide bonds. The number of nitrogens with zero attached hydrogens (tertiary/aromatic N) is 1. The van der Waals surface area contributed by atoms with Crippen LogP contribution in [0.1, 0.15) is 40.5 Å². The molecule has 1 N–H and O–H groups in total. The molecule has 0 unspecified atom stereocenters. The predicted octanol–water partition coefficient (Wildman–Crippen LogP) is 2.84. The molecule has 5 nitrogen and oxygen atoms in total. The lowest BCUT2D eigenvalue weighted by atomic mass is 10.1. The van der Waals surface area contributed by atoms with Crippen LogP contribution in [0.4, 0.5) is 0 Å². The number of ketones is 1. The van der Waals surface area contributed by atoms with Gasteiger partial charge < -0.3 is 0 Å². The number of nitrogens with one attached hydrogen (secondary N) is 1. The van der Waals surface area contributed by atoms with Gasteiger partial charge in [0.05, 0.1) is 0 Å². The van der Waals surface area contributed by atoms with Crippen LogP contribution in [0.5, 0.6) is 0 Å². The molecule has 0 spiro atoms. The molecular formula is C19H20N2O3. The van der Waals surface area contributed by atoms with Crippen LogP contribution in [0.3, 0.4) is 0 Å². The van der Waals surface area contributed by atoms with Crippen molar-refractivity contribution in [3.8, 4) is 0 Å². The first-order valence-electron chi connectivity index (χ1n) is 7.92. The number of hydrazine groups is 1. The molecule has 0 saturated heterocycles. The monoisotopic (exact) mass is 324 g/mol. The minimum absolute atomic E-state index is 0.255. The fourth-order valence-electron chi connectivity index (χ4n) is 2.13. The molecular weight excluding hydrogens is 304 g/mol. The Hall–Kier alpha value is -2.79. The van der Waals surface area contributed by atoms with Crippen molar-refractivity contribution in [2.24, 2.45) is 0 Å². The topological polar surface area (TPSA) is 66.5 Å². The van der Waals surface area contributed by atoms with Crippen LogP contribution >= 0.6 is 0 Å². The second-order valence-electron chi connectivity index (χ2n) is 5.27. The number of unbranched alkanes of at least 4 members (excludes halogenated alkanes) is 1. The van der Waals surface area contributed by atoms with E-state index in [2.05, 4.69) is 5.43 Å². The number of amides is 2. The van der Waals surface area contributed by atoms with Crippen molar-refractivity contribution in [2.45, 2.75) is 19.8 Å². The van der Waals surface area contributed by atoms with E-state index < -0.39 is 17.6 Å². The summed E-state index contributed by atoms with van der Waals surface area (Å²) in [6.07, 6.45) is 1.69. The van der Waals surface area contributed by atoms with E-state index in [-0.39, 0.29) is 5.56 Å². The van der Waals surface area contributed by atoms with Crippen molar-refractivity contribution in [3.63, 3.8) is 0 Å². The summed E-state index contributed by atoms with van der Waals surface area (Å²) in [7, 11) is 0. The second kappa shape index (κ2) is 8.74. The van der Waals surface area contributed by atoms with Gasteiger partial charge in [0.25, 0.3) is 11.7 Å². The van der Waals surface area contributed by atoms with Gasteiger partial charge in [-0.25, -0.2) is 10.4 Å². The molecule has 124 valence electrons. The third-order valence-electron chi connectivity index (χ3n) is 3.46. The number of Topliss-reactive ketones (excluding diaryl/α,β-unsaturated/α-hetero) is 1. The maximum absolute atomic E-state index is 12.6. The average molecular weight is 324 g/mol. The van der Waals surface area contributed by atoms with Gasteiger partial charge in [-0.3, -0.25) is 14.4 Å². The fraction of sp³-hybridized carbons (Fsp3) is 0.211. The third kappa shape index (κ3) is 4.36. The number of imide groups is 1. The van der Waals surface area contributed by atoms with Gasteiger partial charge >= 0.3 is 5.91 Å². The summed E-state index contributed by atoms with van der Waals surface area (Å²) in [6.45, 7) is 2.44. The first kappa shape index (κ1) is 17.6. The van der Waals surface area contributed by atoms with E-state index in [1.165, 1.54) is 0 Å². The molecule has 2 aromatic rings. The van der Waals surface area contributed by atoms with E-state index >= 15 is 0 Å². The lowest BCUT2D eigenvalue weighted by Crippen LogP contribution is -2.50. The Morgan fingerprint density at radius 1 is 0.875 bits per heavy atom. The van der Waals surface area contributed by atoms with E-state index in [0.717, 1.165) is 17.9 Å². The first-order chi connectivity index (χ1) is 11.6. The lowest BCUT2D eigenvalue weighted by Gasteiger charge is -2.21. The standard InChI is InChI=1S/C19H20N2O3/c1-2-3-14-20-21(18(23)16-12-8-5-9-13-16)19(24)17(22)15-10-6-4-7-11-15/h4-13,20H,2-3,14H2,1H3. The van der Waals surface area contributed by atoms with E-state index in [1.807, 2.05) is 6.92 Å². The molecule has 0 aromatic heterocycles. The van der Waals surface area contributed by atoms with Crippen LogP contribution < -0.4 is 5.43 Å². The largest absolute Gasteiger partial charge is 0.316 e. The molecule has 24 heavy (non-hydrogen) atoms. The van der Waals surface area contributed by atoms with E-state index in [1.54, 1.807) is 60.7 Å². The number of carbonyl (C=O) groups excluding carboxylic acids is 3. The van der Waals surface area contributed by atoms with Gasteiger partial charge in [0.1, 0.15) is 0 Å². The maximum atomic E-state index is 12.6. The summed E-state index contributed by atoms with van der Waals surface area (Å²) < 4.78 is 0. The first-order valence-corrected chi connectivity index (χ1v) is 7.92. The number of benzene rings is 2. The van der Waals surface area contributed by atoms with Crippen molar-refractivity contribution in [2.75, 3.05) is 6.54 Å². The van der Waals surface area contributed by atoms with Crippen molar-refractivity contribution < 1.29 is 14.4 Å². The Labute approximate surface area is 141 Å². The van der Waals surface area contributed by atoms with E-state index in [4.69, 9.17) is 0 Å². The van der Waals surface area contributed by atoms with Crippen LogP contribution in [0, 0.1) is 0 Å². The Balaban J connectivity index is 2.23.